The molecule has 0 atom stereocenters. The van der Waals surface area contributed by atoms with Crippen LogP contribution >= 0.6 is 12.2 Å². The smallest absolute Gasteiger partial charge is 0.235 e. The molecule has 0 aromatic heterocycles. The third-order valence-electron chi connectivity index (χ3n) is 5.07. The molecule has 19 heavy (non-hydrogen) atoms. The van der Waals surface area contributed by atoms with Gasteiger partial charge in [-0.2, -0.15) is 0 Å². The van der Waals surface area contributed by atoms with E-state index in [0.717, 1.165) is 45.1 Å². The van der Waals surface area contributed by atoms with Crippen molar-refractivity contribution in [3.8, 4) is 0 Å². The predicted octanol–water partition coefficient (Wildman–Crippen LogP) is 1.14. The van der Waals surface area contributed by atoms with Crippen molar-refractivity contribution < 1.29 is 4.79 Å². The highest BCUT2D eigenvalue weighted by molar-refractivity contribution is 7.80. The first-order valence-corrected chi connectivity index (χ1v) is 7.88. The Hall–Kier alpha value is -0.680. The molecule has 5 heteroatoms. The van der Waals surface area contributed by atoms with E-state index in [9.17, 15) is 4.79 Å². The molecule has 1 heterocycles. The maximum atomic E-state index is 12.5. The minimum Gasteiger partial charge on any atom is -0.392 e. The van der Waals surface area contributed by atoms with Crippen LogP contribution in [0.25, 0.3) is 0 Å². The van der Waals surface area contributed by atoms with Gasteiger partial charge in [0.2, 0.25) is 5.91 Å². The monoisotopic (exact) mass is 281 g/mol. The molecule has 3 fully saturated rings. The molecule has 0 bridgehead atoms. The quantitative estimate of drug-likeness (QED) is 0.788. The molecule has 3 rings (SSSR count). The van der Waals surface area contributed by atoms with Gasteiger partial charge in [0.05, 0.1) is 10.4 Å². The highest BCUT2D eigenvalue weighted by Crippen LogP contribution is 2.47. The zero-order valence-corrected chi connectivity index (χ0v) is 12.3. The number of piperazine rings is 1. The first-order valence-electron chi connectivity index (χ1n) is 7.47. The van der Waals surface area contributed by atoms with Crippen LogP contribution in [0.2, 0.25) is 0 Å². The summed E-state index contributed by atoms with van der Waals surface area (Å²) in [6.45, 7) is 3.73. The molecule has 1 amide bonds. The van der Waals surface area contributed by atoms with Crippen LogP contribution in [0.15, 0.2) is 0 Å². The Kier molecular flexibility index (Phi) is 3.52. The van der Waals surface area contributed by atoms with Crippen LogP contribution in [0.3, 0.4) is 0 Å². The Morgan fingerprint density at radius 3 is 2.16 bits per heavy atom. The Morgan fingerprint density at radius 2 is 1.68 bits per heavy atom. The van der Waals surface area contributed by atoms with Crippen molar-refractivity contribution >= 4 is 23.1 Å². The number of hydrogen-bond acceptors (Lipinski definition) is 3. The van der Waals surface area contributed by atoms with E-state index in [2.05, 4.69) is 4.90 Å². The fourth-order valence-electron chi connectivity index (χ4n) is 3.55. The van der Waals surface area contributed by atoms with E-state index in [1.165, 1.54) is 25.7 Å². The van der Waals surface area contributed by atoms with Gasteiger partial charge in [-0.05, 0) is 25.7 Å². The number of nitrogens with two attached hydrogens (primary N) is 1. The van der Waals surface area contributed by atoms with E-state index in [1.54, 1.807) is 0 Å². The molecule has 3 aliphatic rings. The minimum absolute atomic E-state index is 0.186. The zero-order valence-electron chi connectivity index (χ0n) is 11.4. The highest BCUT2D eigenvalue weighted by Gasteiger charge is 2.54. The molecule has 0 radical (unpaired) electrons. The summed E-state index contributed by atoms with van der Waals surface area (Å²) < 4.78 is 0. The molecular weight excluding hydrogens is 258 g/mol. The van der Waals surface area contributed by atoms with Crippen molar-refractivity contribution in [3.05, 3.63) is 0 Å². The number of nitrogens with zero attached hydrogens (tertiary/aromatic N) is 2. The van der Waals surface area contributed by atoms with Gasteiger partial charge in [0.25, 0.3) is 0 Å². The second kappa shape index (κ2) is 5.02. The molecule has 106 valence electrons. The second-order valence-corrected chi connectivity index (χ2v) is 6.65. The van der Waals surface area contributed by atoms with Gasteiger partial charge in [0.15, 0.2) is 0 Å². The summed E-state index contributed by atoms with van der Waals surface area (Å²) in [5.41, 5.74) is 5.27. The van der Waals surface area contributed by atoms with Crippen LogP contribution in [-0.2, 0) is 4.79 Å². The lowest BCUT2D eigenvalue weighted by molar-refractivity contribution is -0.136. The SMILES string of the molecule is NC(=S)C1(C(=O)N2CCN(C3CCCC3)CC2)CC1. The summed E-state index contributed by atoms with van der Waals surface area (Å²) in [5.74, 6) is 0.186. The van der Waals surface area contributed by atoms with Crippen molar-refractivity contribution in [3.63, 3.8) is 0 Å². The molecule has 0 spiro atoms. The molecule has 1 aliphatic heterocycles. The third-order valence-corrected chi connectivity index (χ3v) is 5.46. The number of thiocarbonyl (C=S) groups is 1. The molecule has 0 aromatic carbocycles. The number of carbonyl (C=O) groups excluding carboxylic acids is 1. The molecule has 1 saturated heterocycles. The van der Waals surface area contributed by atoms with Gasteiger partial charge in [0, 0.05) is 32.2 Å². The van der Waals surface area contributed by atoms with E-state index in [1.807, 2.05) is 4.90 Å². The summed E-state index contributed by atoms with van der Waals surface area (Å²) >= 11 is 5.07. The van der Waals surface area contributed by atoms with Gasteiger partial charge >= 0.3 is 0 Å². The Morgan fingerprint density at radius 1 is 1.11 bits per heavy atom. The van der Waals surface area contributed by atoms with Crippen molar-refractivity contribution in [2.45, 2.75) is 44.6 Å². The van der Waals surface area contributed by atoms with Crippen molar-refractivity contribution in [1.82, 2.24) is 9.80 Å². The Balaban J connectivity index is 1.55. The Bertz CT molecular complexity index is 380. The van der Waals surface area contributed by atoms with Crippen LogP contribution in [0, 0.1) is 5.41 Å². The molecule has 2 N–H and O–H groups in total. The lowest BCUT2D eigenvalue weighted by Crippen LogP contribution is -2.54. The molecule has 0 aromatic rings. The molecule has 4 nitrogen and oxygen atoms in total. The number of rotatable bonds is 3. The number of amides is 1. The average molecular weight is 281 g/mol. The third kappa shape index (κ3) is 2.38. The van der Waals surface area contributed by atoms with Gasteiger partial charge < -0.3 is 10.6 Å². The summed E-state index contributed by atoms with van der Waals surface area (Å²) in [6.07, 6.45) is 7.12. The van der Waals surface area contributed by atoms with E-state index in [0.29, 0.717) is 4.99 Å². The van der Waals surface area contributed by atoms with E-state index in [-0.39, 0.29) is 5.91 Å². The second-order valence-electron chi connectivity index (χ2n) is 6.21. The van der Waals surface area contributed by atoms with E-state index >= 15 is 0 Å². The van der Waals surface area contributed by atoms with Crippen LogP contribution in [-0.4, -0.2) is 52.9 Å². The topological polar surface area (TPSA) is 49.6 Å². The van der Waals surface area contributed by atoms with Crippen molar-refractivity contribution in [2.75, 3.05) is 26.2 Å². The normalized spacial score (nSPS) is 27.5. The van der Waals surface area contributed by atoms with Gasteiger partial charge in [-0.25, -0.2) is 0 Å². The average Bonchev–Trinajstić information content (AvgIpc) is 3.07. The molecule has 2 saturated carbocycles. The number of carbonyl (C=O) groups is 1. The van der Waals surface area contributed by atoms with Crippen LogP contribution in [0.4, 0.5) is 0 Å². The minimum atomic E-state index is -0.467. The van der Waals surface area contributed by atoms with Crippen LogP contribution in [0.5, 0.6) is 0 Å². The molecular formula is C14H23N3OS. The van der Waals surface area contributed by atoms with Crippen LogP contribution < -0.4 is 5.73 Å². The predicted molar refractivity (Wildman–Crippen MR) is 78.9 cm³/mol. The standard InChI is InChI=1S/C14H23N3OS/c15-12(19)14(5-6-14)13(18)17-9-7-16(8-10-17)11-3-1-2-4-11/h11H,1-10H2,(H2,15,19). The maximum Gasteiger partial charge on any atom is 0.235 e. The van der Waals surface area contributed by atoms with E-state index < -0.39 is 5.41 Å². The summed E-state index contributed by atoms with van der Waals surface area (Å²) in [4.78, 5) is 17.4. The fraction of sp³-hybridized carbons (Fsp3) is 0.857. The van der Waals surface area contributed by atoms with Gasteiger partial charge in [-0.1, -0.05) is 25.1 Å². The van der Waals surface area contributed by atoms with Crippen molar-refractivity contribution in [2.24, 2.45) is 11.1 Å². The molecule has 2 aliphatic carbocycles. The molecule has 0 unspecified atom stereocenters. The van der Waals surface area contributed by atoms with Gasteiger partial charge in [-0.15, -0.1) is 0 Å². The largest absolute Gasteiger partial charge is 0.392 e. The lowest BCUT2D eigenvalue weighted by Gasteiger charge is -2.39. The van der Waals surface area contributed by atoms with E-state index in [4.69, 9.17) is 18.0 Å². The maximum absolute atomic E-state index is 12.5. The summed E-state index contributed by atoms with van der Waals surface area (Å²) in [6, 6.07) is 0.766. The van der Waals surface area contributed by atoms with Crippen molar-refractivity contribution in [1.29, 1.82) is 0 Å². The lowest BCUT2D eigenvalue weighted by atomic mass is 10.0. The zero-order chi connectivity index (χ0) is 13.5. The first-order chi connectivity index (χ1) is 9.13. The number of hydrogen-bond donors (Lipinski definition) is 1. The first kappa shape index (κ1) is 13.3. The summed E-state index contributed by atoms with van der Waals surface area (Å²) in [7, 11) is 0. The van der Waals surface area contributed by atoms with Gasteiger partial charge in [0.1, 0.15) is 0 Å². The summed E-state index contributed by atoms with van der Waals surface area (Å²) in [5, 5.41) is 0. The van der Waals surface area contributed by atoms with Crippen LogP contribution in [0.1, 0.15) is 38.5 Å². The fourth-order valence-corrected chi connectivity index (χ4v) is 3.84. The Labute approximate surface area is 120 Å². The van der Waals surface area contributed by atoms with Gasteiger partial charge in [-0.3, -0.25) is 9.69 Å². The highest BCUT2D eigenvalue weighted by atomic mass is 32.1.